The zero-order chi connectivity index (χ0) is 5.15. The zero-order valence-electron chi connectivity index (χ0n) is 3.64. The molecule has 0 amide bonds. The van der Waals surface area contributed by atoms with Crippen molar-refractivity contribution in [1.29, 1.82) is 0 Å². The van der Waals surface area contributed by atoms with Crippen LogP contribution in [0.15, 0.2) is 0 Å². The van der Waals surface area contributed by atoms with Crippen LogP contribution in [0.3, 0.4) is 0 Å². The Labute approximate surface area is 44.2 Å². The van der Waals surface area contributed by atoms with Crippen LogP contribution in [-0.2, 0) is 10.2 Å². The van der Waals surface area contributed by atoms with Crippen LogP contribution in [0.5, 0.6) is 0 Å². The highest BCUT2D eigenvalue weighted by Gasteiger charge is 1.90. The van der Waals surface area contributed by atoms with E-state index in [9.17, 15) is 4.21 Å². The minimum absolute atomic E-state index is 1.31. The lowest BCUT2D eigenvalue weighted by Gasteiger charge is -1.97. The second kappa shape index (κ2) is 2.55. The summed E-state index contributed by atoms with van der Waals surface area (Å²) in [5, 5.41) is 0. The zero-order valence-corrected chi connectivity index (χ0v) is 5.21. The molecule has 0 aliphatic heterocycles. The van der Waals surface area contributed by atoms with Crippen molar-refractivity contribution in [2.75, 3.05) is 14.1 Å². The normalized spacial score (nSPS) is 15.3. The van der Waals surface area contributed by atoms with E-state index in [4.69, 9.17) is 10.7 Å². The van der Waals surface area contributed by atoms with Gasteiger partial charge in [-0.3, -0.25) is 0 Å². The number of rotatable bonds is 1. The SMILES string of the molecule is CN(C)S(=O)Cl. The summed E-state index contributed by atoms with van der Waals surface area (Å²) in [6.45, 7) is 0. The minimum atomic E-state index is -1.31. The molecule has 0 saturated carbocycles. The molecular weight excluding hydrogens is 122 g/mol. The molecule has 0 fully saturated rings. The molecule has 0 aromatic heterocycles. The molecule has 1 unspecified atom stereocenters. The van der Waals surface area contributed by atoms with Gasteiger partial charge in [-0.1, -0.05) is 0 Å². The van der Waals surface area contributed by atoms with Crippen LogP contribution in [0.25, 0.3) is 0 Å². The fourth-order valence-electron chi connectivity index (χ4n) is 0. The molecule has 0 heterocycles. The van der Waals surface area contributed by atoms with Gasteiger partial charge in [0.05, 0.1) is 0 Å². The Hall–Kier alpha value is 0.400. The highest BCUT2D eigenvalue weighted by atomic mass is 35.7. The molecule has 38 valence electrons. The smallest absolute Gasteiger partial charge is 0.191 e. The molecule has 0 bridgehead atoms. The first-order chi connectivity index (χ1) is 2.64. The number of hydrogen-bond donors (Lipinski definition) is 0. The Morgan fingerprint density at radius 1 is 1.67 bits per heavy atom. The first-order valence-corrected chi connectivity index (χ1v) is 3.33. The van der Waals surface area contributed by atoms with Crippen molar-refractivity contribution in [2.24, 2.45) is 0 Å². The molecule has 0 rings (SSSR count). The largest absolute Gasteiger partial charge is 0.225 e. The first kappa shape index (κ1) is 6.40. The van der Waals surface area contributed by atoms with Gasteiger partial charge in [-0.15, -0.1) is 0 Å². The topological polar surface area (TPSA) is 20.3 Å². The van der Waals surface area contributed by atoms with Crippen molar-refractivity contribution in [3.63, 3.8) is 0 Å². The van der Waals surface area contributed by atoms with E-state index in [0.29, 0.717) is 0 Å². The maximum atomic E-state index is 9.95. The Morgan fingerprint density at radius 3 is 1.83 bits per heavy atom. The lowest BCUT2D eigenvalue weighted by atomic mass is 11.3. The van der Waals surface area contributed by atoms with Crippen LogP contribution in [0.4, 0.5) is 0 Å². The van der Waals surface area contributed by atoms with Crippen LogP contribution in [0.1, 0.15) is 0 Å². The predicted molar refractivity (Wildman–Crippen MR) is 27.7 cm³/mol. The van der Waals surface area contributed by atoms with E-state index >= 15 is 0 Å². The summed E-state index contributed by atoms with van der Waals surface area (Å²) in [4.78, 5) is 0. The second-order valence-corrected chi connectivity index (χ2v) is 2.95. The maximum absolute atomic E-state index is 9.95. The van der Waals surface area contributed by atoms with Gasteiger partial charge in [0, 0.05) is 24.8 Å². The molecule has 0 radical (unpaired) electrons. The molecule has 0 N–H and O–H groups in total. The molecule has 2 nitrogen and oxygen atoms in total. The molecule has 0 saturated heterocycles. The monoisotopic (exact) mass is 127 g/mol. The lowest BCUT2D eigenvalue weighted by molar-refractivity contribution is 0.616. The third kappa shape index (κ3) is 2.63. The second-order valence-electron chi connectivity index (χ2n) is 1.02. The first-order valence-electron chi connectivity index (χ1n) is 1.40. The molecule has 4 heteroatoms. The van der Waals surface area contributed by atoms with Crippen LogP contribution >= 0.6 is 10.7 Å². The summed E-state index contributed by atoms with van der Waals surface area (Å²) in [7, 11) is 6.98. The van der Waals surface area contributed by atoms with E-state index < -0.39 is 10.2 Å². The van der Waals surface area contributed by atoms with Crippen molar-refractivity contribution < 1.29 is 4.21 Å². The van der Waals surface area contributed by atoms with Gasteiger partial charge in [-0.05, 0) is 0 Å². The Morgan fingerprint density at radius 2 is 1.83 bits per heavy atom. The third-order valence-corrected chi connectivity index (χ3v) is 1.69. The molecule has 0 aromatic rings. The number of halogens is 1. The highest BCUT2D eigenvalue weighted by Crippen LogP contribution is 1.88. The van der Waals surface area contributed by atoms with Crippen LogP contribution in [0.2, 0.25) is 0 Å². The molecule has 0 aliphatic carbocycles. The standard InChI is InChI=1S/C2H6ClNOS/c1-4(2)6(3)5/h1-2H3. The van der Waals surface area contributed by atoms with Gasteiger partial charge in [-0.25, -0.2) is 8.51 Å². The number of hydrogen-bond acceptors (Lipinski definition) is 1. The van der Waals surface area contributed by atoms with E-state index in [-0.39, 0.29) is 0 Å². The van der Waals surface area contributed by atoms with Crippen LogP contribution < -0.4 is 0 Å². The van der Waals surface area contributed by atoms with Crippen molar-refractivity contribution in [2.45, 2.75) is 0 Å². The average molecular weight is 128 g/mol. The van der Waals surface area contributed by atoms with Crippen molar-refractivity contribution in [3.8, 4) is 0 Å². The van der Waals surface area contributed by atoms with E-state index in [1.807, 2.05) is 0 Å². The predicted octanol–water partition coefficient (Wildman–Crippen LogP) is 0.366. The highest BCUT2D eigenvalue weighted by molar-refractivity contribution is 8.06. The maximum Gasteiger partial charge on any atom is 0.191 e. The van der Waals surface area contributed by atoms with Gasteiger partial charge >= 0.3 is 0 Å². The molecule has 1 atom stereocenters. The molecule has 0 spiro atoms. The minimum Gasteiger partial charge on any atom is -0.225 e. The summed E-state index contributed by atoms with van der Waals surface area (Å²) in [6, 6.07) is 0. The average Bonchev–Trinajstić information content (AvgIpc) is 1.36. The lowest BCUT2D eigenvalue weighted by Crippen LogP contribution is -2.08. The Bertz CT molecular complexity index is 64.6. The van der Waals surface area contributed by atoms with Crippen LogP contribution in [0, 0.1) is 0 Å². The molecule has 0 aromatic carbocycles. The van der Waals surface area contributed by atoms with Crippen molar-refractivity contribution in [1.82, 2.24) is 4.31 Å². The Kier molecular flexibility index (Phi) is 2.72. The Balaban J connectivity index is 3.26. The summed E-state index contributed by atoms with van der Waals surface area (Å²) in [6.07, 6.45) is 0. The van der Waals surface area contributed by atoms with E-state index in [2.05, 4.69) is 0 Å². The molecule has 0 aliphatic rings. The van der Waals surface area contributed by atoms with E-state index in [1.54, 1.807) is 14.1 Å². The third-order valence-electron chi connectivity index (χ3n) is 0.287. The quantitative estimate of drug-likeness (QED) is 0.466. The van der Waals surface area contributed by atoms with Gasteiger partial charge < -0.3 is 0 Å². The summed E-state index contributed by atoms with van der Waals surface area (Å²) >= 11 is 0. The van der Waals surface area contributed by atoms with Gasteiger partial charge in [0.1, 0.15) is 0 Å². The molecule has 6 heavy (non-hydrogen) atoms. The molecular formula is C2H6ClNOS. The summed E-state index contributed by atoms with van der Waals surface area (Å²) < 4.78 is 11.4. The van der Waals surface area contributed by atoms with Crippen molar-refractivity contribution >= 4 is 20.9 Å². The fraction of sp³-hybridized carbons (Fsp3) is 1.00. The fourth-order valence-corrected chi connectivity index (χ4v) is 0. The van der Waals surface area contributed by atoms with E-state index in [0.717, 1.165) is 0 Å². The van der Waals surface area contributed by atoms with Crippen LogP contribution in [-0.4, -0.2) is 22.6 Å². The van der Waals surface area contributed by atoms with Gasteiger partial charge in [0.15, 0.2) is 10.2 Å². The van der Waals surface area contributed by atoms with E-state index in [1.165, 1.54) is 4.31 Å². The van der Waals surface area contributed by atoms with Gasteiger partial charge in [-0.2, -0.15) is 0 Å². The summed E-state index contributed by atoms with van der Waals surface area (Å²) in [5.74, 6) is 0. The van der Waals surface area contributed by atoms with Crippen molar-refractivity contribution in [3.05, 3.63) is 0 Å². The van der Waals surface area contributed by atoms with Gasteiger partial charge in [0.25, 0.3) is 0 Å². The number of nitrogens with zero attached hydrogens (tertiary/aromatic N) is 1. The summed E-state index contributed by atoms with van der Waals surface area (Å²) in [5.41, 5.74) is 0. The van der Waals surface area contributed by atoms with Gasteiger partial charge in [0.2, 0.25) is 0 Å².